The quantitative estimate of drug-likeness (QED) is 0.180. The maximum atomic E-state index is 13.5. The number of carbonyl (C=O) groups excluding carboxylic acids is 2. The molecule has 0 atom stereocenters. The van der Waals surface area contributed by atoms with E-state index in [1.807, 2.05) is 59.0 Å². The lowest BCUT2D eigenvalue weighted by atomic mass is 10.1. The number of halogens is 3. The van der Waals surface area contributed by atoms with Crippen LogP contribution in [0, 0.1) is 0 Å². The molecule has 49 heavy (non-hydrogen) atoms. The molecule has 0 bridgehead atoms. The van der Waals surface area contributed by atoms with E-state index >= 15 is 0 Å². The number of para-hydroxylation sites is 1. The fraction of sp³-hybridized carbons (Fsp3) is 0.216. The minimum absolute atomic E-state index is 0.0269. The number of fused-ring (bicyclic) bond motifs is 1. The normalized spacial score (nSPS) is 13.9. The summed E-state index contributed by atoms with van der Waals surface area (Å²) in [6, 6.07) is 22.3. The fourth-order valence-corrected chi connectivity index (χ4v) is 5.67. The van der Waals surface area contributed by atoms with E-state index in [1.54, 1.807) is 25.3 Å². The monoisotopic (exact) mass is 669 g/mol. The van der Waals surface area contributed by atoms with E-state index in [4.69, 9.17) is 9.47 Å². The predicted molar refractivity (Wildman–Crippen MR) is 181 cm³/mol. The van der Waals surface area contributed by atoms with E-state index in [0.29, 0.717) is 30.2 Å². The number of nitrogens with one attached hydrogen (secondary N) is 1. The fourth-order valence-electron chi connectivity index (χ4n) is 5.67. The second-order valence-electron chi connectivity index (χ2n) is 11.6. The molecule has 1 N–H and O–H groups in total. The number of rotatable bonds is 9. The SMILES string of the molecule is COc1ccccc1C=CCN1CCN(C(=O)c2cc3cc(Oc4ccc(NC(=O)c5ccc(C(F)(F)F)cc5)cn4)ccc3n2C)CC1. The Morgan fingerprint density at radius 1 is 0.939 bits per heavy atom. The lowest BCUT2D eigenvalue weighted by Crippen LogP contribution is -2.48. The summed E-state index contributed by atoms with van der Waals surface area (Å²) in [6.45, 7) is 3.59. The summed E-state index contributed by atoms with van der Waals surface area (Å²) in [6.07, 6.45) is 1.09. The van der Waals surface area contributed by atoms with Crippen LogP contribution in [0.2, 0.25) is 0 Å². The zero-order valence-electron chi connectivity index (χ0n) is 26.9. The number of hydrogen-bond donors (Lipinski definition) is 1. The van der Waals surface area contributed by atoms with Crippen LogP contribution in [0.5, 0.6) is 17.4 Å². The van der Waals surface area contributed by atoms with Gasteiger partial charge >= 0.3 is 6.18 Å². The zero-order chi connectivity index (χ0) is 34.5. The molecule has 2 aromatic heterocycles. The van der Waals surface area contributed by atoms with E-state index < -0.39 is 17.6 Å². The highest BCUT2D eigenvalue weighted by atomic mass is 19.4. The molecule has 2 amide bonds. The number of carbonyl (C=O) groups is 2. The molecular formula is C37H34F3N5O4. The topological polar surface area (TPSA) is 88.9 Å². The number of piperazine rings is 1. The van der Waals surface area contributed by atoms with Crippen LogP contribution in [-0.2, 0) is 13.2 Å². The van der Waals surface area contributed by atoms with Crippen LogP contribution < -0.4 is 14.8 Å². The van der Waals surface area contributed by atoms with Gasteiger partial charge in [-0.15, -0.1) is 0 Å². The number of ether oxygens (including phenoxy) is 2. The van der Waals surface area contributed by atoms with Crippen molar-refractivity contribution < 1.29 is 32.2 Å². The van der Waals surface area contributed by atoms with Crippen molar-refractivity contribution in [3.8, 4) is 17.4 Å². The van der Waals surface area contributed by atoms with Gasteiger partial charge in [-0.05, 0) is 60.7 Å². The molecule has 1 saturated heterocycles. The Morgan fingerprint density at radius 2 is 1.69 bits per heavy atom. The van der Waals surface area contributed by atoms with Gasteiger partial charge in [0.25, 0.3) is 11.8 Å². The molecule has 0 unspecified atom stereocenters. The number of aromatic nitrogens is 2. The molecule has 1 aliphatic heterocycles. The minimum atomic E-state index is -4.48. The summed E-state index contributed by atoms with van der Waals surface area (Å²) < 4.78 is 51.7. The molecule has 0 aliphatic carbocycles. The van der Waals surface area contributed by atoms with Crippen molar-refractivity contribution in [1.82, 2.24) is 19.4 Å². The maximum Gasteiger partial charge on any atom is 0.416 e. The first-order chi connectivity index (χ1) is 23.6. The third kappa shape index (κ3) is 7.76. The van der Waals surface area contributed by atoms with E-state index in [0.717, 1.165) is 66.1 Å². The van der Waals surface area contributed by atoms with Crippen molar-refractivity contribution in [3.63, 3.8) is 0 Å². The molecule has 0 spiro atoms. The number of alkyl halides is 3. The molecule has 3 heterocycles. The highest BCUT2D eigenvalue weighted by Gasteiger charge is 2.30. The molecule has 0 saturated carbocycles. The van der Waals surface area contributed by atoms with E-state index in [-0.39, 0.29) is 17.4 Å². The molecule has 1 aliphatic rings. The lowest BCUT2D eigenvalue weighted by Gasteiger charge is -2.34. The molecule has 6 rings (SSSR count). The van der Waals surface area contributed by atoms with Gasteiger partial charge in [-0.25, -0.2) is 4.98 Å². The molecule has 12 heteroatoms. The van der Waals surface area contributed by atoms with Crippen molar-refractivity contribution in [3.05, 3.63) is 120 Å². The first-order valence-corrected chi connectivity index (χ1v) is 15.6. The zero-order valence-corrected chi connectivity index (χ0v) is 26.9. The number of hydrogen-bond acceptors (Lipinski definition) is 6. The Bertz CT molecular complexity index is 1980. The van der Waals surface area contributed by atoms with Gasteiger partial charge in [0, 0.05) is 67.9 Å². The molecule has 5 aromatic rings. The number of amides is 2. The average Bonchev–Trinajstić information content (AvgIpc) is 3.44. The summed E-state index contributed by atoms with van der Waals surface area (Å²) in [7, 11) is 3.53. The van der Waals surface area contributed by atoms with E-state index in [1.165, 1.54) is 6.20 Å². The number of anilines is 1. The number of methoxy groups -OCH3 is 1. The van der Waals surface area contributed by atoms with Crippen molar-refractivity contribution in [1.29, 1.82) is 0 Å². The van der Waals surface area contributed by atoms with Gasteiger partial charge in [-0.1, -0.05) is 30.4 Å². The highest BCUT2D eigenvalue weighted by Crippen LogP contribution is 2.30. The minimum Gasteiger partial charge on any atom is -0.496 e. The molecule has 0 radical (unpaired) electrons. The third-order valence-electron chi connectivity index (χ3n) is 8.38. The Labute approximate surface area is 281 Å². The van der Waals surface area contributed by atoms with Crippen LogP contribution >= 0.6 is 0 Å². The second-order valence-corrected chi connectivity index (χ2v) is 11.6. The number of pyridine rings is 1. The van der Waals surface area contributed by atoms with Crippen molar-refractivity contribution in [2.24, 2.45) is 7.05 Å². The summed E-state index contributed by atoms with van der Waals surface area (Å²) in [4.78, 5) is 34.5. The summed E-state index contributed by atoms with van der Waals surface area (Å²) in [5.41, 5.74) is 2.10. The molecule has 9 nitrogen and oxygen atoms in total. The summed E-state index contributed by atoms with van der Waals surface area (Å²) >= 11 is 0. The number of benzene rings is 3. The van der Waals surface area contributed by atoms with Crippen LogP contribution in [-0.4, -0.2) is 71.0 Å². The highest BCUT2D eigenvalue weighted by molar-refractivity contribution is 6.04. The van der Waals surface area contributed by atoms with Crippen LogP contribution in [0.25, 0.3) is 17.0 Å². The van der Waals surface area contributed by atoms with Crippen LogP contribution in [0.4, 0.5) is 18.9 Å². The predicted octanol–water partition coefficient (Wildman–Crippen LogP) is 7.12. The van der Waals surface area contributed by atoms with Gasteiger partial charge < -0.3 is 24.3 Å². The lowest BCUT2D eigenvalue weighted by molar-refractivity contribution is -0.137. The largest absolute Gasteiger partial charge is 0.496 e. The van der Waals surface area contributed by atoms with E-state index in [2.05, 4.69) is 27.4 Å². The van der Waals surface area contributed by atoms with Crippen molar-refractivity contribution in [2.75, 3.05) is 45.2 Å². The van der Waals surface area contributed by atoms with Crippen LogP contribution in [0.15, 0.2) is 97.2 Å². The first-order valence-electron chi connectivity index (χ1n) is 15.6. The summed E-state index contributed by atoms with van der Waals surface area (Å²) in [5, 5.41) is 3.45. The molecule has 3 aromatic carbocycles. The van der Waals surface area contributed by atoms with Gasteiger partial charge in [-0.2, -0.15) is 13.2 Å². The van der Waals surface area contributed by atoms with E-state index in [9.17, 15) is 22.8 Å². The van der Waals surface area contributed by atoms with Gasteiger partial charge in [-0.3, -0.25) is 14.5 Å². The van der Waals surface area contributed by atoms with Gasteiger partial charge in [0.15, 0.2) is 0 Å². The summed E-state index contributed by atoms with van der Waals surface area (Å²) in [5.74, 6) is 1.03. The van der Waals surface area contributed by atoms with Gasteiger partial charge in [0.2, 0.25) is 5.88 Å². The Morgan fingerprint density at radius 3 is 2.39 bits per heavy atom. The molecule has 1 fully saturated rings. The maximum absolute atomic E-state index is 13.5. The Balaban J connectivity index is 1.04. The standard InChI is InChI=1S/C37H34F3N5O4/c1-43-31-15-14-30(49-34-16-13-29(24-41-34)42-35(46)26-9-11-28(12-10-26)37(38,39)40)22-27(31)23-32(43)36(47)45-20-18-44(19-21-45)17-5-7-25-6-3-4-8-33(25)48-2/h3-16,22-24H,17-21H2,1-2H3,(H,42,46). The van der Waals surface area contributed by atoms with Gasteiger partial charge in [0.05, 0.1) is 24.6 Å². The molecular weight excluding hydrogens is 635 g/mol. The number of aryl methyl sites for hydroxylation is 1. The van der Waals surface area contributed by atoms with Crippen molar-refractivity contribution in [2.45, 2.75) is 6.18 Å². The Hall–Kier alpha value is -5.62. The average molecular weight is 670 g/mol. The van der Waals surface area contributed by atoms with Gasteiger partial charge in [0.1, 0.15) is 17.2 Å². The Kier molecular flexibility index (Phi) is 9.68. The van der Waals surface area contributed by atoms with Crippen LogP contribution in [0.1, 0.15) is 32.0 Å². The third-order valence-corrected chi connectivity index (χ3v) is 8.38. The number of nitrogens with zero attached hydrogens (tertiary/aromatic N) is 4. The first kappa shape index (κ1) is 33.3. The van der Waals surface area contributed by atoms with Crippen molar-refractivity contribution >= 4 is 34.5 Å². The second kappa shape index (κ2) is 14.2. The smallest absolute Gasteiger partial charge is 0.416 e. The molecule has 252 valence electrons. The van der Waals surface area contributed by atoms with Crippen LogP contribution in [0.3, 0.4) is 0 Å².